The summed E-state index contributed by atoms with van der Waals surface area (Å²) in [6.07, 6.45) is 6.37. The van der Waals surface area contributed by atoms with Crippen LogP contribution in [0, 0.1) is 0 Å². The average molecular weight is 181 g/mol. The number of aliphatic hydroxyl groups excluding tert-OH is 1. The molecule has 0 radical (unpaired) electrons. The van der Waals surface area contributed by atoms with Crippen LogP contribution in [0.5, 0.6) is 0 Å². The van der Waals surface area contributed by atoms with E-state index in [4.69, 9.17) is 9.52 Å². The first-order valence-electron chi connectivity index (χ1n) is 4.45. The Balaban J connectivity index is 2.05. The maximum Gasteiger partial charge on any atom is 0.126 e. The molecule has 1 rings (SSSR count). The molecule has 0 saturated heterocycles. The minimum absolute atomic E-state index is 0.245. The van der Waals surface area contributed by atoms with Gasteiger partial charge in [-0.25, -0.2) is 0 Å². The van der Waals surface area contributed by atoms with E-state index in [1.807, 2.05) is 24.3 Å². The van der Waals surface area contributed by atoms with E-state index in [9.17, 15) is 0 Å². The van der Waals surface area contributed by atoms with Crippen LogP contribution in [-0.4, -0.2) is 24.8 Å². The quantitative estimate of drug-likeness (QED) is 0.649. The van der Waals surface area contributed by atoms with Gasteiger partial charge in [0.15, 0.2) is 0 Å². The monoisotopic (exact) mass is 181 g/mol. The van der Waals surface area contributed by atoms with Crippen molar-refractivity contribution in [1.82, 2.24) is 5.32 Å². The normalized spacial score (nSPS) is 11.2. The Morgan fingerprint density at radius 3 is 3.15 bits per heavy atom. The Labute approximate surface area is 78.1 Å². The number of hydrogen-bond acceptors (Lipinski definition) is 3. The van der Waals surface area contributed by atoms with Crippen LogP contribution < -0.4 is 5.32 Å². The van der Waals surface area contributed by atoms with Crippen molar-refractivity contribution in [3.63, 3.8) is 0 Å². The summed E-state index contributed by atoms with van der Waals surface area (Å²) in [5.74, 6) is 0.865. The fraction of sp³-hybridized carbons (Fsp3) is 0.400. The van der Waals surface area contributed by atoms with E-state index in [0.717, 1.165) is 25.3 Å². The molecule has 0 fully saturated rings. The molecule has 13 heavy (non-hydrogen) atoms. The van der Waals surface area contributed by atoms with Crippen LogP contribution in [0.1, 0.15) is 12.2 Å². The highest BCUT2D eigenvalue weighted by atomic mass is 16.3. The first-order chi connectivity index (χ1) is 6.43. The molecule has 1 aromatic heterocycles. The highest BCUT2D eigenvalue weighted by molar-refractivity contribution is 5.42. The van der Waals surface area contributed by atoms with Crippen molar-refractivity contribution in [3.05, 3.63) is 30.2 Å². The molecular weight excluding hydrogens is 166 g/mol. The maximum absolute atomic E-state index is 8.50. The van der Waals surface area contributed by atoms with Crippen molar-refractivity contribution in [2.75, 3.05) is 19.7 Å². The largest absolute Gasteiger partial charge is 0.465 e. The van der Waals surface area contributed by atoms with Crippen LogP contribution in [0.2, 0.25) is 0 Å². The van der Waals surface area contributed by atoms with Gasteiger partial charge >= 0.3 is 0 Å². The third kappa shape index (κ3) is 4.50. The van der Waals surface area contributed by atoms with E-state index in [1.165, 1.54) is 0 Å². The minimum atomic E-state index is 0.245. The predicted octanol–water partition coefficient (Wildman–Crippen LogP) is 1.26. The van der Waals surface area contributed by atoms with Gasteiger partial charge in [0.2, 0.25) is 0 Å². The van der Waals surface area contributed by atoms with Gasteiger partial charge in [0.25, 0.3) is 0 Å². The van der Waals surface area contributed by atoms with Gasteiger partial charge in [-0.15, -0.1) is 0 Å². The number of furan rings is 1. The summed E-state index contributed by atoms with van der Waals surface area (Å²) >= 11 is 0. The molecule has 0 aliphatic carbocycles. The van der Waals surface area contributed by atoms with Crippen LogP contribution in [0.3, 0.4) is 0 Å². The van der Waals surface area contributed by atoms with Crippen LogP contribution in [0.25, 0.3) is 6.08 Å². The Bertz CT molecular complexity index is 229. The van der Waals surface area contributed by atoms with E-state index >= 15 is 0 Å². The zero-order valence-corrected chi connectivity index (χ0v) is 7.57. The zero-order chi connectivity index (χ0) is 9.36. The Morgan fingerprint density at radius 1 is 1.54 bits per heavy atom. The van der Waals surface area contributed by atoms with Crippen molar-refractivity contribution >= 4 is 6.08 Å². The zero-order valence-electron chi connectivity index (χ0n) is 7.57. The standard InChI is InChI=1S/C10H15NO2/c12-8-3-7-11-6-1-4-10-5-2-9-13-10/h1-2,4-5,9,11-12H,3,6-8H2/b4-1+. The highest BCUT2D eigenvalue weighted by Crippen LogP contribution is 2.01. The van der Waals surface area contributed by atoms with Gasteiger partial charge in [0.05, 0.1) is 6.26 Å². The number of rotatable bonds is 6. The van der Waals surface area contributed by atoms with Crippen LogP contribution in [-0.2, 0) is 0 Å². The Kier molecular flexibility index (Phi) is 4.98. The SMILES string of the molecule is OCCCNC/C=C/c1ccco1. The summed E-state index contributed by atoms with van der Waals surface area (Å²) in [6, 6.07) is 3.77. The first-order valence-corrected chi connectivity index (χ1v) is 4.45. The number of nitrogens with one attached hydrogen (secondary N) is 1. The smallest absolute Gasteiger partial charge is 0.126 e. The lowest BCUT2D eigenvalue weighted by atomic mass is 10.4. The molecule has 3 heteroatoms. The molecule has 0 aliphatic heterocycles. The summed E-state index contributed by atoms with van der Waals surface area (Å²) < 4.78 is 5.11. The van der Waals surface area contributed by atoms with E-state index in [0.29, 0.717) is 0 Å². The van der Waals surface area contributed by atoms with Gasteiger partial charge in [-0.3, -0.25) is 0 Å². The molecule has 0 saturated carbocycles. The lowest BCUT2D eigenvalue weighted by molar-refractivity contribution is 0.287. The molecule has 0 amide bonds. The van der Waals surface area contributed by atoms with Gasteiger partial charge in [-0.05, 0) is 31.2 Å². The molecule has 0 aromatic carbocycles. The molecule has 0 aliphatic rings. The van der Waals surface area contributed by atoms with Crippen molar-refractivity contribution < 1.29 is 9.52 Å². The second kappa shape index (κ2) is 6.46. The van der Waals surface area contributed by atoms with Gasteiger partial charge in [-0.2, -0.15) is 0 Å². The second-order valence-corrected chi connectivity index (χ2v) is 2.70. The summed E-state index contributed by atoms with van der Waals surface area (Å²) in [6.45, 7) is 1.90. The fourth-order valence-corrected chi connectivity index (χ4v) is 0.951. The van der Waals surface area contributed by atoms with Crippen molar-refractivity contribution in [3.8, 4) is 0 Å². The van der Waals surface area contributed by atoms with Crippen molar-refractivity contribution in [1.29, 1.82) is 0 Å². The summed E-state index contributed by atoms with van der Waals surface area (Å²) in [4.78, 5) is 0. The first kappa shape index (κ1) is 10.0. The Morgan fingerprint density at radius 2 is 2.46 bits per heavy atom. The van der Waals surface area contributed by atoms with Gasteiger partial charge in [0.1, 0.15) is 5.76 Å². The molecular formula is C10H15NO2. The van der Waals surface area contributed by atoms with E-state index < -0.39 is 0 Å². The van der Waals surface area contributed by atoms with E-state index in [1.54, 1.807) is 6.26 Å². The molecule has 3 nitrogen and oxygen atoms in total. The minimum Gasteiger partial charge on any atom is -0.465 e. The van der Waals surface area contributed by atoms with Crippen LogP contribution in [0.15, 0.2) is 28.9 Å². The van der Waals surface area contributed by atoms with Gasteiger partial charge < -0.3 is 14.8 Å². The number of aliphatic hydroxyl groups is 1. The maximum atomic E-state index is 8.50. The molecule has 2 N–H and O–H groups in total. The molecule has 0 unspecified atom stereocenters. The van der Waals surface area contributed by atoms with Crippen molar-refractivity contribution in [2.45, 2.75) is 6.42 Å². The summed E-state index contributed by atoms with van der Waals surface area (Å²) in [7, 11) is 0. The summed E-state index contributed by atoms with van der Waals surface area (Å²) in [5, 5.41) is 11.7. The Hall–Kier alpha value is -1.06. The molecule has 0 spiro atoms. The fourth-order valence-electron chi connectivity index (χ4n) is 0.951. The molecule has 1 heterocycles. The number of hydrogen-bond donors (Lipinski definition) is 2. The lowest BCUT2D eigenvalue weighted by Gasteiger charge is -1.96. The van der Waals surface area contributed by atoms with Crippen molar-refractivity contribution in [2.24, 2.45) is 0 Å². The second-order valence-electron chi connectivity index (χ2n) is 2.70. The molecule has 72 valence electrons. The van der Waals surface area contributed by atoms with Crippen LogP contribution >= 0.6 is 0 Å². The lowest BCUT2D eigenvalue weighted by Crippen LogP contribution is -2.15. The molecule has 1 aromatic rings. The molecule has 0 bridgehead atoms. The predicted molar refractivity (Wildman–Crippen MR) is 52.3 cm³/mol. The van der Waals surface area contributed by atoms with Gasteiger partial charge in [0, 0.05) is 13.2 Å². The van der Waals surface area contributed by atoms with E-state index in [-0.39, 0.29) is 6.61 Å². The third-order valence-electron chi connectivity index (χ3n) is 1.60. The van der Waals surface area contributed by atoms with Crippen LogP contribution in [0.4, 0.5) is 0 Å². The topological polar surface area (TPSA) is 45.4 Å². The third-order valence-corrected chi connectivity index (χ3v) is 1.60. The highest BCUT2D eigenvalue weighted by Gasteiger charge is 1.86. The van der Waals surface area contributed by atoms with Gasteiger partial charge in [-0.1, -0.05) is 6.08 Å². The molecule has 0 atom stereocenters. The van der Waals surface area contributed by atoms with E-state index in [2.05, 4.69) is 5.32 Å². The average Bonchev–Trinajstić information content (AvgIpc) is 2.63. The summed E-state index contributed by atoms with van der Waals surface area (Å²) in [5.41, 5.74) is 0.